The van der Waals surface area contributed by atoms with E-state index in [2.05, 4.69) is 10.3 Å². The van der Waals surface area contributed by atoms with Gasteiger partial charge in [-0.25, -0.2) is 4.39 Å². The normalized spacial score (nSPS) is 10.7. The Morgan fingerprint density at radius 3 is 2.58 bits per heavy atom. The molecule has 2 aromatic carbocycles. The van der Waals surface area contributed by atoms with Crippen molar-refractivity contribution in [1.82, 2.24) is 4.98 Å². The van der Waals surface area contributed by atoms with Crippen LogP contribution in [-0.4, -0.2) is 25.1 Å². The molecule has 24 heavy (non-hydrogen) atoms. The summed E-state index contributed by atoms with van der Waals surface area (Å²) >= 11 is 0. The van der Waals surface area contributed by atoms with Crippen molar-refractivity contribution >= 4 is 22.5 Å². The molecule has 3 rings (SSSR count). The highest BCUT2D eigenvalue weighted by atomic mass is 19.1. The van der Waals surface area contributed by atoms with E-state index in [0.29, 0.717) is 34.0 Å². The van der Waals surface area contributed by atoms with Gasteiger partial charge in [-0.3, -0.25) is 4.79 Å². The largest absolute Gasteiger partial charge is 0.497 e. The molecular weight excluding hydrogens is 311 g/mol. The van der Waals surface area contributed by atoms with Crippen LogP contribution >= 0.6 is 0 Å². The van der Waals surface area contributed by atoms with Crippen molar-refractivity contribution in [2.45, 2.75) is 6.92 Å². The Morgan fingerprint density at radius 2 is 1.92 bits per heavy atom. The molecule has 0 saturated heterocycles. The number of carbonyl (C=O) groups excluding carboxylic acids is 1. The Kier molecular flexibility index (Phi) is 4.12. The molecule has 0 aliphatic heterocycles. The molecule has 0 radical (unpaired) electrons. The molecule has 2 N–H and O–H groups in total. The Morgan fingerprint density at radius 1 is 1.12 bits per heavy atom. The maximum Gasteiger partial charge on any atom is 0.272 e. The Labute approximate surface area is 138 Å². The molecule has 0 bridgehead atoms. The second-order valence-electron chi connectivity index (χ2n) is 5.39. The predicted octanol–water partition coefficient (Wildman–Crippen LogP) is 3.88. The van der Waals surface area contributed by atoms with Gasteiger partial charge in [-0.2, -0.15) is 0 Å². The summed E-state index contributed by atoms with van der Waals surface area (Å²) in [5.74, 6) is 0.474. The van der Waals surface area contributed by atoms with Crippen LogP contribution in [0, 0.1) is 12.7 Å². The summed E-state index contributed by atoms with van der Waals surface area (Å²) in [6, 6.07) is 9.79. The molecule has 124 valence electrons. The lowest BCUT2D eigenvalue weighted by Gasteiger charge is -2.05. The zero-order chi connectivity index (χ0) is 17.3. The molecule has 1 amide bonds. The van der Waals surface area contributed by atoms with Crippen molar-refractivity contribution in [2.24, 2.45) is 0 Å². The molecule has 0 aliphatic carbocycles. The zero-order valence-corrected chi connectivity index (χ0v) is 13.6. The first-order valence-corrected chi connectivity index (χ1v) is 7.34. The first-order chi connectivity index (χ1) is 11.5. The van der Waals surface area contributed by atoms with E-state index in [1.54, 1.807) is 51.5 Å². The lowest BCUT2D eigenvalue weighted by Crippen LogP contribution is -2.12. The third-order valence-corrected chi connectivity index (χ3v) is 3.80. The van der Waals surface area contributed by atoms with Gasteiger partial charge >= 0.3 is 0 Å². The monoisotopic (exact) mass is 328 g/mol. The number of ether oxygens (including phenoxy) is 2. The number of aromatic amines is 1. The van der Waals surface area contributed by atoms with E-state index in [1.165, 1.54) is 6.07 Å². The van der Waals surface area contributed by atoms with E-state index >= 15 is 0 Å². The van der Waals surface area contributed by atoms with Crippen LogP contribution in [0.1, 0.15) is 16.1 Å². The SMILES string of the molecule is COc1cc(OC)c2[nH]c(C(=O)Nc3ccc(C)c(F)c3)cc2c1. The molecular formula is C18H17FN2O3. The predicted molar refractivity (Wildman–Crippen MR) is 90.5 cm³/mol. The van der Waals surface area contributed by atoms with Gasteiger partial charge in [0.1, 0.15) is 23.0 Å². The summed E-state index contributed by atoms with van der Waals surface area (Å²) < 4.78 is 24.1. The standard InChI is InChI=1S/C18H17FN2O3/c1-10-4-5-12(8-14(10)19)20-18(22)15-7-11-6-13(23-2)9-16(24-3)17(11)21-15/h4-9,21H,1-3H3,(H,20,22). The third kappa shape index (κ3) is 2.90. The molecule has 0 aliphatic rings. The summed E-state index contributed by atoms with van der Waals surface area (Å²) in [5.41, 5.74) is 1.96. The number of aromatic nitrogens is 1. The van der Waals surface area contributed by atoms with E-state index in [-0.39, 0.29) is 11.7 Å². The van der Waals surface area contributed by atoms with Crippen LogP contribution < -0.4 is 14.8 Å². The fourth-order valence-electron chi connectivity index (χ4n) is 2.45. The topological polar surface area (TPSA) is 63.4 Å². The van der Waals surface area contributed by atoms with Crippen molar-refractivity contribution in [1.29, 1.82) is 0 Å². The van der Waals surface area contributed by atoms with Crippen molar-refractivity contribution < 1.29 is 18.7 Å². The minimum absolute atomic E-state index is 0.345. The number of aryl methyl sites for hydroxylation is 1. The van der Waals surface area contributed by atoms with Gasteiger partial charge in [-0.1, -0.05) is 6.07 Å². The lowest BCUT2D eigenvalue weighted by atomic mass is 10.2. The van der Waals surface area contributed by atoms with Gasteiger partial charge in [0.05, 0.1) is 19.7 Å². The summed E-state index contributed by atoms with van der Waals surface area (Å²) in [7, 11) is 3.11. The van der Waals surface area contributed by atoms with E-state index in [1.807, 2.05) is 0 Å². The molecule has 0 unspecified atom stereocenters. The average Bonchev–Trinajstić information content (AvgIpc) is 3.01. The van der Waals surface area contributed by atoms with Gasteiger partial charge in [0.2, 0.25) is 0 Å². The quantitative estimate of drug-likeness (QED) is 0.764. The second kappa shape index (κ2) is 6.23. The number of H-pyrrole nitrogens is 1. The van der Waals surface area contributed by atoms with Crippen molar-refractivity contribution in [3.8, 4) is 11.5 Å². The van der Waals surface area contributed by atoms with Crippen LogP contribution in [0.25, 0.3) is 10.9 Å². The van der Waals surface area contributed by atoms with Crippen molar-refractivity contribution in [3.05, 3.63) is 53.5 Å². The molecule has 0 fully saturated rings. The number of hydrogen-bond donors (Lipinski definition) is 2. The smallest absolute Gasteiger partial charge is 0.272 e. The number of nitrogens with one attached hydrogen (secondary N) is 2. The van der Waals surface area contributed by atoms with E-state index in [9.17, 15) is 9.18 Å². The van der Waals surface area contributed by atoms with Crippen LogP contribution in [-0.2, 0) is 0 Å². The van der Waals surface area contributed by atoms with Gasteiger partial charge in [0, 0.05) is 17.1 Å². The van der Waals surface area contributed by atoms with Crippen LogP contribution in [0.15, 0.2) is 36.4 Å². The molecule has 6 heteroatoms. The number of carbonyl (C=O) groups is 1. The lowest BCUT2D eigenvalue weighted by molar-refractivity contribution is 0.102. The minimum atomic E-state index is -0.365. The molecule has 0 atom stereocenters. The number of methoxy groups -OCH3 is 2. The molecule has 1 heterocycles. The van der Waals surface area contributed by atoms with Crippen molar-refractivity contribution in [2.75, 3.05) is 19.5 Å². The number of amides is 1. The highest BCUT2D eigenvalue weighted by molar-refractivity contribution is 6.06. The summed E-state index contributed by atoms with van der Waals surface area (Å²) in [6.45, 7) is 1.66. The number of benzene rings is 2. The van der Waals surface area contributed by atoms with Gasteiger partial charge < -0.3 is 19.8 Å². The van der Waals surface area contributed by atoms with Gasteiger partial charge in [0.25, 0.3) is 5.91 Å². The van der Waals surface area contributed by atoms with Gasteiger partial charge in [-0.05, 0) is 36.8 Å². The Bertz CT molecular complexity index is 918. The third-order valence-electron chi connectivity index (χ3n) is 3.80. The molecule has 0 spiro atoms. The summed E-state index contributed by atoms with van der Waals surface area (Å²) in [6.07, 6.45) is 0. The minimum Gasteiger partial charge on any atom is -0.497 e. The van der Waals surface area contributed by atoms with Crippen LogP contribution in [0.2, 0.25) is 0 Å². The second-order valence-corrected chi connectivity index (χ2v) is 5.39. The average molecular weight is 328 g/mol. The number of rotatable bonds is 4. The van der Waals surface area contributed by atoms with Crippen LogP contribution in [0.5, 0.6) is 11.5 Å². The Hall–Kier alpha value is -3.02. The first kappa shape index (κ1) is 15.9. The maximum atomic E-state index is 13.6. The highest BCUT2D eigenvalue weighted by Crippen LogP contribution is 2.31. The van der Waals surface area contributed by atoms with E-state index in [4.69, 9.17) is 9.47 Å². The summed E-state index contributed by atoms with van der Waals surface area (Å²) in [5, 5.41) is 3.45. The molecule has 5 nitrogen and oxygen atoms in total. The number of fused-ring (bicyclic) bond motifs is 1. The summed E-state index contributed by atoms with van der Waals surface area (Å²) in [4.78, 5) is 15.4. The highest BCUT2D eigenvalue weighted by Gasteiger charge is 2.14. The van der Waals surface area contributed by atoms with Crippen LogP contribution in [0.3, 0.4) is 0 Å². The maximum absolute atomic E-state index is 13.6. The zero-order valence-electron chi connectivity index (χ0n) is 13.6. The fourth-order valence-corrected chi connectivity index (χ4v) is 2.45. The van der Waals surface area contributed by atoms with Gasteiger partial charge in [-0.15, -0.1) is 0 Å². The number of anilines is 1. The van der Waals surface area contributed by atoms with E-state index < -0.39 is 0 Å². The first-order valence-electron chi connectivity index (χ1n) is 7.34. The van der Waals surface area contributed by atoms with Crippen LogP contribution in [0.4, 0.5) is 10.1 Å². The van der Waals surface area contributed by atoms with Crippen molar-refractivity contribution in [3.63, 3.8) is 0 Å². The molecule has 0 saturated carbocycles. The molecule has 3 aromatic rings. The van der Waals surface area contributed by atoms with E-state index in [0.717, 1.165) is 5.39 Å². The molecule has 1 aromatic heterocycles. The Balaban J connectivity index is 1.93. The number of hydrogen-bond acceptors (Lipinski definition) is 3. The number of halogens is 1. The van der Waals surface area contributed by atoms with Gasteiger partial charge in [0.15, 0.2) is 0 Å². The fraction of sp³-hybridized carbons (Fsp3) is 0.167.